The van der Waals surface area contributed by atoms with E-state index in [9.17, 15) is 4.79 Å². The van der Waals surface area contributed by atoms with Crippen molar-refractivity contribution >= 4 is 17.6 Å². The van der Waals surface area contributed by atoms with Gasteiger partial charge in [0.15, 0.2) is 5.76 Å². The first-order chi connectivity index (χ1) is 19.5. The monoisotopic (exact) mass is 548 g/mol. The second-order valence-electron chi connectivity index (χ2n) is 10.2. The van der Waals surface area contributed by atoms with Crippen LogP contribution in [0.2, 0.25) is 5.02 Å². The summed E-state index contributed by atoms with van der Waals surface area (Å²) in [5, 5.41) is 4.96. The third kappa shape index (κ3) is 4.93. The fourth-order valence-electron chi connectivity index (χ4n) is 5.23. The van der Waals surface area contributed by atoms with E-state index in [2.05, 4.69) is 64.7 Å². The minimum Gasteiger partial charge on any atom is -0.465 e. The molecule has 0 radical (unpaired) electrons. The number of benzene rings is 3. The number of aryl methyl sites for hydroxylation is 1. The van der Waals surface area contributed by atoms with Crippen molar-refractivity contribution in [3.05, 3.63) is 119 Å². The standard InChI is InChI=1S/C34H29ClN2O3/c1-3-39-33(38)34(17-18-34)27-14-12-25(13-15-27)24-8-10-26(11-9-24)32-29(22(2)37-40-32)20-23-16-19-36-31(21-23)28-6-4-5-7-30(28)35/h4-16,19,21H,3,17-18,20H2,1-2H3. The predicted octanol–water partition coefficient (Wildman–Crippen LogP) is 8.22. The van der Waals surface area contributed by atoms with Crippen molar-refractivity contribution in [1.29, 1.82) is 0 Å². The van der Waals surface area contributed by atoms with Gasteiger partial charge in [0.1, 0.15) is 0 Å². The van der Waals surface area contributed by atoms with E-state index in [0.29, 0.717) is 18.1 Å². The van der Waals surface area contributed by atoms with Gasteiger partial charge in [-0.3, -0.25) is 9.78 Å². The molecule has 6 rings (SSSR count). The minimum atomic E-state index is -0.456. The van der Waals surface area contributed by atoms with Crippen molar-refractivity contribution in [3.63, 3.8) is 0 Å². The van der Waals surface area contributed by atoms with Gasteiger partial charge in [-0.2, -0.15) is 0 Å². The van der Waals surface area contributed by atoms with E-state index in [0.717, 1.165) is 68.9 Å². The number of aromatic nitrogens is 2. The molecule has 0 aliphatic heterocycles. The molecule has 0 unspecified atom stereocenters. The Morgan fingerprint density at radius 2 is 1.62 bits per heavy atom. The quantitative estimate of drug-likeness (QED) is 0.183. The summed E-state index contributed by atoms with van der Waals surface area (Å²) in [5.41, 5.74) is 8.47. The molecule has 5 aromatic rings. The van der Waals surface area contributed by atoms with Gasteiger partial charge in [0.25, 0.3) is 0 Å². The maximum absolute atomic E-state index is 12.4. The number of carbonyl (C=O) groups is 1. The molecular weight excluding hydrogens is 520 g/mol. The summed E-state index contributed by atoms with van der Waals surface area (Å²) in [4.78, 5) is 17.0. The van der Waals surface area contributed by atoms with Crippen LogP contribution in [0.1, 0.15) is 42.1 Å². The van der Waals surface area contributed by atoms with Crippen LogP contribution in [0.5, 0.6) is 0 Å². The van der Waals surface area contributed by atoms with E-state index in [-0.39, 0.29) is 5.97 Å². The average molecular weight is 549 g/mol. The lowest BCUT2D eigenvalue weighted by molar-refractivity contribution is -0.146. The Morgan fingerprint density at radius 1 is 0.950 bits per heavy atom. The Morgan fingerprint density at radius 3 is 2.30 bits per heavy atom. The summed E-state index contributed by atoms with van der Waals surface area (Å²) < 4.78 is 11.1. The van der Waals surface area contributed by atoms with Gasteiger partial charge in [0.05, 0.1) is 23.4 Å². The van der Waals surface area contributed by atoms with Crippen molar-refractivity contribution in [2.75, 3.05) is 6.61 Å². The van der Waals surface area contributed by atoms with Crippen LogP contribution in [0.15, 0.2) is 95.6 Å². The smallest absolute Gasteiger partial charge is 0.316 e. The largest absolute Gasteiger partial charge is 0.465 e. The Balaban J connectivity index is 1.22. The molecule has 1 saturated carbocycles. The second kappa shape index (κ2) is 10.7. The molecule has 1 aliphatic rings. The van der Waals surface area contributed by atoms with Gasteiger partial charge in [0, 0.05) is 34.3 Å². The van der Waals surface area contributed by atoms with Gasteiger partial charge in [-0.05, 0) is 67.1 Å². The van der Waals surface area contributed by atoms with Crippen LogP contribution in [0.4, 0.5) is 0 Å². The lowest BCUT2D eigenvalue weighted by atomic mass is 9.93. The number of pyridine rings is 1. The molecule has 0 saturated heterocycles. The van der Waals surface area contributed by atoms with Crippen LogP contribution < -0.4 is 0 Å². The van der Waals surface area contributed by atoms with Crippen LogP contribution in [-0.4, -0.2) is 22.7 Å². The van der Waals surface area contributed by atoms with E-state index < -0.39 is 5.41 Å². The SMILES string of the molecule is CCOC(=O)C1(c2ccc(-c3ccc(-c4onc(C)c4Cc4ccnc(-c5ccccc5Cl)c4)cc3)cc2)CC1. The minimum absolute atomic E-state index is 0.114. The number of ether oxygens (including phenoxy) is 1. The lowest BCUT2D eigenvalue weighted by Gasteiger charge is -2.14. The molecule has 2 aromatic heterocycles. The van der Waals surface area contributed by atoms with Crippen molar-refractivity contribution in [1.82, 2.24) is 10.1 Å². The van der Waals surface area contributed by atoms with Gasteiger partial charge in [-0.25, -0.2) is 0 Å². The zero-order valence-corrected chi connectivity index (χ0v) is 23.2. The zero-order valence-electron chi connectivity index (χ0n) is 22.5. The Labute approximate surface area is 238 Å². The average Bonchev–Trinajstić information content (AvgIpc) is 3.72. The van der Waals surface area contributed by atoms with Crippen LogP contribution in [0.25, 0.3) is 33.7 Å². The molecule has 2 heterocycles. The zero-order chi connectivity index (χ0) is 27.7. The lowest BCUT2D eigenvalue weighted by Crippen LogP contribution is -2.23. The first-order valence-electron chi connectivity index (χ1n) is 13.5. The Bertz CT molecular complexity index is 1670. The summed E-state index contributed by atoms with van der Waals surface area (Å²) in [6.45, 7) is 4.22. The molecule has 1 aliphatic carbocycles. The molecule has 0 bridgehead atoms. The van der Waals surface area contributed by atoms with Crippen LogP contribution in [-0.2, 0) is 21.4 Å². The van der Waals surface area contributed by atoms with Gasteiger partial charge in [0.2, 0.25) is 0 Å². The fourth-order valence-corrected chi connectivity index (χ4v) is 5.46. The molecule has 200 valence electrons. The highest BCUT2D eigenvalue weighted by Crippen LogP contribution is 2.49. The third-order valence-electron chi connectivity index (χ3n) is 7.67. The molecular formula is C34H29ClN2O3. The Hall–Kier alpha value is -4.22. The molecule has 0 N–H and O–H groups in total. The topological polar surface area (TPSA) is 65.2 Å². The summed E-state index contributed by atoms with van der Waals surface area (Å²) in [6, 6.07) is 28.4. The first-order valence-corrected chi connectivity index (χ1v) is 13.9. The highest BCUT2D eigenvalue weighted by Gasteiger charge is 2.52. The molecule has 0 atom stereocenters. The van der Waals surface area contributed by atoms with E-state index in [4.69, 9.17) is 20.9 Å². The highest BCUT2D eigenvalue weighted by molar-refractivity contribution is 6.33. The summed E-state index contributed by atoms with van der Waals surface area (Å²) >= 11 is 6.41. The van der Waals surface area contributed by atoms with Crippen LogP contribution in [0.3, 0.4) is 0 Å². The first kappa shape index (κ1) is 26.0. The van der Waals surface area contributed by atoms with E-state index in [1.807, 2.05) is 50.4 Å². The van der Waals surface area contributed by atoms with E-state index in [1.165, 1.54) is 0 Å². The van der Waals surface area contributed by atoms with E-state index >= 15 is 0 Å². The highest BCUT2D eigenvalue weighted by atomic mass is 35.5. The maximum atomic E-state index is 12.4. The van der Waals surface area contributed by atoms with Gasteiger partial charge in [-0.1, -0.05) is 83.5 Å². The van der Waals surface area contributed by atoms with Gasteiger partial charge < -0.3 is 9.26 Å². The summed E-state index contributed by atoms with van der Waals surface area (Å²) in [5.74, 6) is 0.651. The molecule has 0 amide bonds. The second-order valence-corrected chi connectivity index (χ2v) is 10.6. The van der Waals surface area contributed by atoms with Crippen molar-refractivity contribution in [2.24, 2.45) is 0 Å². The van der Waals surface area contributed by atoms with Gasteiger partial charge in [-0.15, -0.1) is 0 Å². The molecule has 40 heavy (non-hydrogen) atoms. The van der Waals surface area contributed by atoms with E-state index in [1.54, 1.807) is 0 Å². The normalized spacial score (nSPS) is 13.7. The number of hydrogen-bond acceptors (Lipinski definition) is 5. The summed E-state index contributed by atoms with van der Waals surface area (Å²) in [6.07, 6.45) is 4.17. The molecule has 1 fully saturated rings. The summed E-state index contributed by atoms with van der Waals surface area (Å²) in [7, 11) is 0. The number of rotatable bonds is 8. The molecule has 5 nitrogen and oxygen atoms in total. The van der Waals surface area contributed by atoms with Gasteiger partial charge >= 0.3 is 5.97 Å². The van der Waals surface area contributed by atoms with Crippen LogP contribution in [0, 0.1) is 6.92 Å². The Kier molecular flexibility index (Phi) is 6.99. The fraction of sp³-hybridized carbons (Fsp3) is 0.206. The molecule has 3 aromatic carbocycles. The third-order valence-corrected chi connectivity index (χ3v) is 8.00. The van der Waals surface area contributed by atoms with Crippen molar-refractivity contribution in [3.8, 4) is 33.7 Å². The predicted molar refractivity (Wildman–Crippen MR) is 157 cm³/mol. The maximum Gasteiger partial charge on any atom is 0.316 e. The number of nitrogens with zero attached hydrogens (tertiary/aromatic N) is 2. The van der Waals surface area contributed by atoms with Crippen molar-refractivity contribution < 1.29 is 14.1 Å². The van der Waals surface area contributed by atoms with Crippen LogP contribution >= 0.6 is 11.6 Å². The molecule has 0 spiro atoms. The number of carbonyl (C=O) groups excluding carboxylic acids is 1. The molecule has 6 heteroatoms. The number of esters is 1. The van der Waals surface area contributed by atoms with Crippen molar-refractivity contribution in [2.45, 2.75) is 38.5 Å². The number of hydrogen-bond donors (Lipinski definition) is 0. The number of halogens is 1.